The lowest BCUT2D eigenvalue weighted by molar-refractivity contribution is -0.385. The van der Waals surface area contributed by atoms with Crippen molar-refractivity contribution in [2.75, 3.05) is 11.9 Å². The van der Waals surface area contributed by atoms with Crippen LogP contribution in [-0.4, -0.2) is 16.5 Å². The number of hydrogen-bond donors (Lipinski definition) is 1. The van der Waals surface area contributed by atoms with Gasteiger partial charge in [-0.05, 0) is 5.92 Å². The van der Waals surface area contributed by atoms with E-state index in [1.807, 2.05) is 19.9 Å². The number of pyridine rings is 1. The zero-order chi connectivity index (χ0) is 12.1. The molecule has 0 spiro atoms. The molecule has 0 aliphatic rings. The number of anilines is 1. The van der Waals surface area contributed by atoms with Crippen LogP contribution in [0.15, 0.2) is 12.3 Å². The van der Waals surface area contributed by atoms with E-state index in [1.165, 1.54) is 6.07 Å². The van der Waals surface area contributed by atoms with Gasteiger partial charge in [-0.15, -0.1) is 0 Å². The molecule has 0 aliphatic heterocycles. The minimum absolute atomic E-state index is 0.174. The summed E-state index contributed by atoms with van der Waals surface area (Å²) in [4.78, 5) is 13.8. The fraction of sp³-hybridized carbons (Fsp3) is 0.400. The van der Waals surface area contributed by atoms with Crippen molar-refractivity contribution in [3.63, 3.8) is 0 Å². The number of aromatic nitrogens is 1. The van der Waals surface area contributed by atoms with Crippen LogP contribution in [0.5, 0.6) is 0 Å². The molecular weight excluding hydrogens is 208 g/mol. The van der Waals surface area contributed by atoms with Crippen LogP contribution in [0.2, 0.25) is 0 Å². The molecule has 1 aromatic heterocycles. The van der Waals surface area contributed by atoms with E-state index in [-0.39, 0.29) is 11.3 Å². The van der Waals surface area contributed by atoms with Gasteiger partial charge in [0.1, 0.15) is 23.6 Å². The molecule has 0 amide bonds. The number of hydrogen-bond acceptors (Lipinski definition) is 5. The Labute approximate surface area is 93.1 Å². The molecule has 16 heavy (non-hydrogen) atoms. The molecule has 0 saturated heterocycles. The number of nitro groups is 1. The first-order chi connectivity index (χ1) is 7.54. The van der Waals surface area contributed by atoms with Crippen LogP contribution in [0.4, 0.5) is 11.5 Å². The maximum absolute atomic E-state index is 10.5. The predicted octanol–water partition coefficient (Wildman–Crippen LogP) is 1.93. The molecule has 0 aromatic carbocycles. The molecule has 0 bridgehead atoms. The minimum atomic E-state index is -0.569. The second-order valence-corrected chi connectivity index (χ2v) is 3.73. The second kappa shape index (κ2) is 5.07. The van der Waals surface area contributed by atoms with E-state index < -0.39 is 4.92 Å². The average Bonchev–Trinajstić information content (AvgIpc) is 2.25. The minimum Gasteiger partial charge on any atom is -0.369 e. The third-order valence-corrected chi connectivity index (χ3v) is 1.88. The molecule has 1 N–H and O–H groups in total. The monoisotopic (exact) mass is 220 g/mol. The van der Waals surface area contributed by atoms with E-state index in [9.17, 15) is 10.1 Å². The molecular formula is C10H12N4O2. The van der Waals surface area contributed by atoms with Gasteiger partial charge in [0.05, 0.1) is 4.92 Å². The number of rotatable bonds is 4. The van der Waals surface area contributed by atoms with Crippen molar-refractivity contribution in [2.24, 2.45) is 5.92 Å². The summed E-state index contributed by atoms with van der Waals surface area (Å²) in [5, 5.41) is 22.3. The summed E-state index contributed by atoms with van der Waals surface area (Å²) in [6, 6.07) is 3.10. The van der Waals surface area contributed by atoms with Crippen LogP contribution >= 0.6 is 0 Å². The van der Waals surface area contributed by atoms with Crippen LogP contribution in [0, 0.1) is 27.4 Å². The predicted molar refractivity (Wildman–Crippen MR) is 58.9 cm³/mol. The molecule has 0 aliphatic carbocycles. The lowest BCUT2D eigenvalue weighted by Gasteiger charge is -2.08. The Bertz CT molecular complexity index is 437. The van der Waals surface area contributed by atoms with E-state index in [0.29, 0.717) is 18.3 Å². The third-order valence-electron chi connectivity index (χ3n) is 1.88. The van der Waals surface area contributed by atoms with E-state index in [4.69, 9.17) is 5.26 Å². The maximum atomic E-state index is 10.5. The summed E-state index contributed by atoms with van der Waals surface area (Å²) in [6.45, 7) is 4.70. The van der Waals surface area contributed by atoms with Crippen LogP contribution in [0.1, 0.15) is 19.4 Å². The van der Waals surface area contributed by atoms with Gasteiger partial charge in [-0.3, -0.25) is 10.1 Å². The van der Waals surface area contributed by atoms with Gasteiger partial charge in [0, 0.05) is 12.6 Å². The Kier molecular flexibility index (Phi) is 3.78. The molecule has 0 unspecified atom stereocenters. The van der Waals surface area contributed by atoms with Gasteiger partial charge in [0.25, 0.3) is 5.69 Å². The van der Waals surface area contributed by atoms with Gasteiger partial charge in [0.2, 0.25) is 0 Å². The first-order valence-electron chi connectivity index (χ1n) is 4.83. The number of nitrogens with zero attached hydrogens (tertiary/aromatic N) is 3. The molecule has 0 atom stereocenters. The summed E-state index contributed by atoms with van der Waals surface area (Å²) in [5.41, 5.74) is 0.0153. The van der Waals surface area contributed by atoms with Crippen LogP contribution in [0.3, 0.4) is 0 Å². The molecule has 6 heteroatoms. The number of nitriles is 1. The molecule has 0 saturated carbocycles. The van der Waals surface area contributed by atoms with Crippen LogP contribution in [-0.2, 0) is 0 Å². The van der Waals surface area contributed by atoms with Crippen molar-refractivity contribution >= 4 is 11.5 Å². The SMILES string of the molecule is CC(C)CNc1ncc([N+](=O)[O-])cc1C#N. The standard InChI is InChI=1S/C10H12N4O2/c1-7(2)5-12-10-8(4-11)3-9(6-13-10)14(15)16/h3,6-7H,5H2,1-2H3,(H,12,13). The highest BCUT2D eigenvalue weighted by molar-refractivity contribution is 5.55. The second-order valence-electron chi connectivity index (χ2n) is 3.73. The molecule has 1 rings (SSSR count). The van der Waals surface area contributed by atoms with Crippen molar-refractivity contribution in [3.8, 4) is 6.07 Å². The summed E-state index contributed by atoms with van der Waals surface area (Å²) < 4.78 is 0. The quantitative estimate of drug-likeness (QED) is 0.618. The van der Waals surface area contributed by atoms with E-state index >= 15 is 0 Å². The lowest BCUT2D eigenvalue weighted by atomic mass is 10.2. The highest BCUT2D eigenvalue weighted by Crippen LogP contribution is 2.18. The first kappa shape index (κ1) is 11.9. The number of nitrogens with one attached hydrogen (secondary N) is 1. The fourth-order valence-electron chi connectivity index (χ4n) is 1.08. The Morgan fingerprint density at radius 2 is 2.38 bits per heavy atom. The fourth-order valence-corrected chi connectivity index (χ4v) is 1.08. The van der Waals surface area contributed by atoms with Gasteiger partial charge in [-0.1, -0.05) is 13.8 Å². The van der Waals surface area contributed by atoms with Gasteiger partial charge >= 0.3 is 0 Å². The van der Waals surface area contributed by atoms with E-state index in [0.717, 1.165) is 6.20 Å². The molecule has 1 heterocycles. The zero-order valence-electron chi connectivity index (χ0n) is 9.10. The Morgan fingerprint density at radius 1 is 1.69 bits per heavy atom. The summed E-state index contributed by atoms with van der Waals surface area (Å²) in [6.07, 6.45) is 1.14. The normalized spacial score (nSPS) is 9.88. The van der Waals surface area contributed by atoms with E-state index in [2.05, 4.69) is 10.3 Å². The largest absolute Gasteiger partial charge is 0.369 e. The summed E-state index contributed by atoms with van der Waals surface area (Å²) >= 11 is 0. The van der Waals surface area contributed by atoms with Crippen molar-refractivity contribution in [2.45, 2.75) is 13.8 Å². The van der Waals surface area contributed by atoms with Crippen molar-refractivity contribution < 1.29 is 4.92 Å². The smallest absolute Gasteiger partial charge is 0.289 e. The van der Waals surface area contributed by atoms with Gasteiger partial charge in [-0.2, -0.15) is 5.26 Å². The van der Waals surface area contributed by atoms with Gasteiger partial charge < -0.3 is 5.32 Å². The van der Waals surface area contributed by atoms with Crippen LogP contribution in [0.25, 0.3) is 0 Å². The van der Waals surface area contributed by atoms with Gasteiger partial charge in [0.15, 0.2) is 0 Å². The zero-order valence-corrected chi connectivity index (χ0v) is 9.10. The first-order valence-corrected chi connectivity index (χ1v) is 4.83. The summed E-state index contributed by atoms with van der Waals surface area (Å²) in [5.74, 6) is 0.797. The Balaban J connectivity index is 2.94. The Morgan fingerprint density at radius 3 is 2.88 bits per heavy atom. The highest BCUT2D eigenvalue weighted by atomic mass is 16.6. The lowest BCUT2D eigenvalue weighted by Crippen LogP contribution is -2.10. The molecule has 0 fully saturated rings. The molecule has 84 valence electrons. The highest BCUT2D eigenvalue weighted by Gasteiger charge is 2.11. The van der Waals surface area contributed by atoms with Crippen LogP contribution < -0.4 is 5.32 Å². The molecule has 1 aromatic rings. The topological polar surface area (TPSA) is 91.8 Å². The summed E-state index contributed by atoms with van der Waals surface area (Å²) in [7, 11) is 0. The maximum Gasteiger partial charge on any atom is 0.289 e. The van der Waals surface area contributed by atoms with Crippen molar-refractivity contribution in [1.82, 2.24) is 4.98 Å². The third kappa shape index (κ3) is 2.92. The van der Waals surface area contributed by atoms with Crippen molar-refractivity contribution in [1.29, 1.82) is 5.26 Å². The van der Waals surface area contributed by atoms with E-state index in [1.54, 1.807) is 0 Å². The van der Waals surface area contributed by atoms with Crippen molar-refractivity contribution in [3.05, 3.63) is 27.9 Å². The molecule has 0 radical (unpaired) electrons. The molecule has 6 nitrogen and oxygen atoms in total. The Hall–Kier alpha value is -2.16. The van der Waals surface area contributed by atoms with Gasteiger partial charge in [-0.25, -0.2) is 4.98 Å². The average molecular weight is 220 g/mol.